The van der Waals surface area contributed by atoms with Gasteiger partial charge in [0.25, 0.3) is 0 Å². The summed E-state index contributed by atoms with van der Waals surface area (Å²) >= 11 is 5.71. The van der Waals surface area contributed by atoms with Gasteiger partial charge >= 0.3 is 0 Å². The van der Waals surface area contributed by atoms with E-state index < -0.39 is 5.82 Å². The van der Waals surface area contributed by atoms with E-state index in [1.807, 2.05) is 4.57 Å². The van der Waals surface area contributed by atoms with Crippen molar-refractivity contribution in [3.05, 3.63) is 34.9 Å². The maximum atomic E-state index is 13.6. The Morgan fingerprint density at radius 2 is 2.05 bits per heavy atom. The van der Waals surface area contributed by atoms with Gasteiger partial charge in [0.1, 0.15) is 23.2 Å². The van der Waals surface area contributed by atoms with Gasteiger partial charge < -0.3 is 10.3 Å². The van der Waals surface area contributed by atoms with Crippen LogP contribution in [-0.2, 0) is 13.0 Å². The molecule has 1 aromatic carbocycles. The number of rotatable bonds is 5. The number of anilines is 1. The Labute approximate surface area is 123 Å². The lowest BCUT2D eigenvalue weighted by atomic mass is 10.1. The minimum absolute atomic E-state index is 0.106. The Morgan fingerprint density at radius 3 is 2.65 bits per heavy atom. The second-order valence-corrected chi connectivity index (χ2v) is 5.20. The van der Waals surface area contributed by atoms with Gasteiger partial charge in [0, 0.05) is 18.5 Å². The summed E-state index contributed by atoms with van der Waals surface area (Å²) < 4.78 is 15.6. The van der Waals surface area contributed by atoms with Gasteiger partial charge in [0.15, 0.2) is 0 Å². The standard InChI is InChI=1S/C15H19ClFN3/c1-3-5-13-19-14(15(18)20(13)8-4-2)10-6-7-11(16)12(17)9-10/h6-7,9H,3-5,8,18H2,1-2H3. The van der Waals surface area contributed by atoms with Gasteiger partial charge in [-0.05, 0) is 25.0 Å². The molecular formula is C15H19ClFN3. The van der Waals surface area contributed by atoms with Gasteiger partial charge in [0.05, 0.1) is 5.02 Å². The van der Waals surface area contributed by atoms with E-state index in [9.17, 15) is 4.39 Å². The summed E-state index contributed by atoms with van der Waals surface area (Å²) in [7, 11) is 0. The topological polar surface area (TPSA) is 43.8 Å². The molecule has 0 bridgehead atoms. The van der Waals surface area contributed by atoms with Crippen molar-refractivity contribution in [3.8, 4) is 11.3 Å². The zero-order valence-corrected chi connectivity index (χ0v) is 12.5. The normalized spacial score (nSPS) is 11.0. The van der Waals surface area contributed by atoms with E-state index in [1.165, 1.54) is 12.1 Å². The quantitative estimate of drug-likeness (QED) is 0.894. The van der Waals surface area contributed by atoms with Crippen molar-refractivity contribution < 1.29 is 4.39 Å². The van der Waals surface area contributed by atoms with Gasteiger partial charge in [-0.1, -0.05) is 31.5 Å². The molecular weight excluding hydrogens is 277 g/mol. The molecule has 0 atom stereocenters. The highest BCUT2D eigenvalue weighted by atomic mass is 35.5. The molecule has 0 saturated carbocycles. The molecule has 0 aliphatic heterocycles. The monoisotopic (exact) mass is 295 g/mol. The number of hydrogen-bond acceptors (Lipinski definition) is 2. The molecule has 0 radical (unpaired) electrons. The lowest BCUT2D eigenvalue weighted by Gasteiger charge is -2.07. The number of nitrogens with two attached hydrogens (primary N) is 1. The summed E-state index contributed by atoms with van der Waals surface area (Å²) in [5.41, 5.74) is 7.49. The van der Waals surface area contributed by atoms with Crippen molar-refractivity contribution in [2.45, 2.75) is 39.7 Å². The van der Waals surface area contributed by atoms with Gasteiger partial charge in [-0.2, -0.15) is 0 Å². The van der Waals surface area contributed by atoms with E-state index in [2.05, 4.69) is 18.8 Å². The van der Waals surface area contributed by atoms with Crippen LogP contribution in [0.2, 0.25) is 5.02 Å². The molecule has 0 spiro atoms. The molecule has 108 valence electrons. The summed E-state index contributed by atoms with van der Waals surface area (Å²) in [5, 5.41) is 0.106. The SMILES string of the molecule is CCCc1nc(-c2ccc(Cl)c(F)c2)c(N)n1CCC. The van der Waals surface area contributed by atoms with Crippen molar-refractivity contribution in [2.24, 2.45) is 0 Å². The average Bonchev–Trinajstić information content (AvgIpc) is 2.72. The number of nitrogens with zero attached hydrogens (tertiary/aromatic N) is 2. The third-order valence-electron chi connectivity index (χ3n) is 3.20. The summed E-state index contributed by atoms with van der Waals surface area (Å²) in [5.74, 6) is 1.10. The Kier molecular flexibility index (Phi) is 4.65. The lowest BCUT2D eigenvalue weighted by Crippen LogP contribution is -2.06. The number of imidazole rings is 1. The number of hydrogen-bond donors (Lipinski definition) is 1. The van der Waals surface area contributed by atoms with Gasteiger partial charge in [-0.3, -0.25) is 0 Å². The van der Waals surface area contributed by atoms with E-state index in [4.69, 9.17) is 17.3 Å². The van der Waals surface area contributed by atoms with Crippen LogP contribution in [0.5, 0.6) is 0 Å². The Bertz CT molecular complexity index is 607. The maximum Gasteiger partial charge on any atom is 0.142 e. The van der Waals surface area contributed by atoms with Crippen LogP contribution in [0.15, 0.2) is 18.2 Å². The molecule has 0 fully saturated rings. The molecule has 0 saturated heterocycles. The van der Waals surface area contributed by atoms with Crippen LogP contribution < -0.4 is 5.73 Å². The molecule has 3 nitrogen and oxygen atoms in total. The molecule has 2 rings (SSSR count). The second-order valence-electron chi connectivity index (χ2n) is 4.79. The molecule has 0 amide bonds. The number of nitrogen functional groups attached to an aromatic ring is 1. The van der Waals surface area contributed by atoms with Crippen molar-refractivity contribution >= 4 is 17.4 Å². The van der Waals surface area contributed by atoms with E-state index >= 15 is 0 Å². The molecule has 20 heavy (non-hydrogen) atoms. The predicted molar refractivity (Wildman–Crippen MR) is 81.3 cm³/mol. The zero-order valence-electron chi connectivity index (χ0n) is 11.8. The number of aromatic nitrogens is 2. The third kappa shape index (κ3) is 2.80. The molecule has 1 aromatic heterocycles. The first kappa shape index (κ1) is 14.9. The molecule has 5 heteroatoms. The van der Waals surface area contributed by atoms with Crippen molar-refractivity contribution in [2.75, 3.05) is 5.73 Å². The Hall–Kier alpha value is -1.55. The van der Waals surface area contributed by atoms with E-state index in [-0.39, 0.29) is 5.02 Å². The highest BCUT2D eigenvalue weighted by Gasteiger charge is 2.16. The van der Waals surface area contributed by atoms with E-state index in [0.717, 1.165) is 31.6 Å². The van der Waals surface area contributed by atoms with Crippen LogP contribution >= 0.6 is 11.6 Å². The largest absolute Gasteiger partial charge is 0.383 e. The zero-order chi connectivity index (χ0) is 14.7. The summed E-state index contributed by atoms with van der Waals surface area (Å²) in [6.07, 6.45) is 2.83. The summed E-state index contributed by atoms with van der Waals surface area (Å²) in [4.78, 5) is 4.59. The molecule has 0 unspecified atom stereocenters. The Balaban J connectivity index is 2.50. The van der Waals surface area contributed by atoms with Gasteiger partial charge in [-0.15, -0.1) is 0 Å². The van der Waals surface area contributed by atoms with Crippen LogP contribution in [0.25, 0.3) is 11.3 Å². The molecule has 0 aliphatic carbocycles. The fourth-order valence-electron chi connectivity index (χ4n) is 2.26. The van der Waals surface area contributed by atoms with Gasteiger partial charge in [0.2, 0.25) is 0 Å². The van der Waals surface area contributed by atoms with Crippen LogP contribution in [0.1, 0.15) is 32.5 Å². The lowest BCUT2D eigenvalue weighted by molar-refractivity contribution is 0.628. The second kappa shape index (κ2) is 6.27. The Morgan fingerprint density at radius 1 is 1.30 bits per heavy atom. The number of halogens is 2. The summed E-state index contributed by atoms with van der Waals surface area (Å²) in [6, 6.07) is 4.66. The first-order chi connectivity index (χ1) is 9.58. The molecule has 2 N–H and O–H groups in total. The maximum absolute atomic E-state index is 13.6. The van der Waals surface area contributed by atoms with E-state index in [0.29, 0.717) is 17.1 Å². The van der Waals surface area contributed by atoms with Crippen molar-refractivity contribution in [3.63, 3.8) is 0 Å². The molecule has 1 heterocycles. The van der Waals surface area contributed by atoms with E-state index in [1.54, 1.807) is 6.07 Å². The fraction of sp³-hybridized carbons (Fsp3) is 0.400. The van der Waals surface area contributed by atoms with Crippen molar-refractivity contribution in [1.29, 1.82) is 0 Å². The van der Waals surface area contributed by atoms with Crippen LogP contribution in [0.3, 0.4) is 0 Å². The molecule has 2 aromatic rings. The van der Waals surface area contributed by atoms with Crippen molar-refractivity contribution in [1.82, 2.24) is 9.55 Å². The predicted octanol–water partition coefficient (Wildman–Crippen LogP) is 4.29. The highest BCUT2D eigenvalue weighted by Crippen LogP contribution is 2.29. The van der Waals surface area contributed by atoms with Gasteiger partial charge in [-0.25, -0.2) is 9.37 Å². The first-order valence-electron chi connectivity index (χ1n) is 6.88. The van der Waals surface area contributed by atoms with Crippen LogP contribution in [-0.4, -0.2) is 9.55 Å². The summed E-state index contributed by atoms with van der Waals surface area (Å²) in [6.45, 7) is 5.02. The fourth-order valence-corrected chi connectivity index (χ4v) is 2.37. The minimum atomic E-state index is -0.453. The minimum Gasteiger partial charge on any atom is -0.383 e. The highest BCUT2D eigenvalue weighted by molar-refractivity contribution is 6.30. The number of aryl methyl sites for hydroxylation is 1. The van der Waals surface area contributed by atoms with Crippen LogP contribution in [0, 0.1) is 5.82 Å². The first-order valence-corrected chi connectivity index (χ1v) is 7.26. The number of benzene rings is 1. The third-order valence-corrected chi connectivity index (χ3v) is 3.51. The smallest absolute Gasteiger partial charge is 0.142 e. The average molecular weight is 296 g/mol. The van der Waals surface area contributed by atoms with Crippen LogP contribution in [0.4, 0.5) is 10.2 Å². The molecule has 0 aliphatic rings.